The minimum Gasteiger partial charge on any atom is -0.489 e. The topological polar surface area (TPSA) is 47.6 Å². The van der Waals surface area contributed by atoms with Crippen molar-refractivity contribution in [1.82, 2.24) is 0 Å². The minimum atomic E-state index is -2.49. The number of aryl methyl sites for hydroxylation is 1. The summed E-state index contributed by atoms with van der Waals surface area (Å²) in [6.45, 7) is 3.14. The number of hydrogen-bond donors (Lipinski definition) is 1. The summed E-state index contributed by atoms with van der Waals surface area (Å²) < 4.78 is 36.2. The molecule has 1 atom stereocenters. The van der Waals surface area contributed by atoms with Gasteiger partial charge in [0, 0.05) is 17.1 Å². The molecule has 0 bridgehead atoms. The number of carbonyl (C=O) groups is 1. The third-order valence-electron chi connectivity index (χ3n) is 4.18. The van der Waals surface area contributed by atoms with Gasteiger partial charge in [-0.3, -0.25) is 4.79 Å². The number of anilines is 1. The zero-order chi connectivity index (χ0) is 19.2. The quantitative estimate of drug-likeness (QED) is 0.664. The van der Waals surface area contributed by atoms with E-state index in [0.717, 1.165) is 25.0 Å². The summed E-state index contributed by atoms with van der Waals surface area (Å²) in [7, 11) is 0. The number of ether oxygens (including phenoxy) is 2. The number of carbonyl (C=O) groups excluding carboxylic acids is 1. The molecule has 144 valence electrons. The Bertz CT molecular complexity index is 777. The fourth-order valence-electron chi connectivity index (χ4n) is 2.79. The maximum atomic E-state index is 12.5. The molecule has 0 radical (unpaired) electrons. The number of nitrogens with one attached hydrogen (secondary N) is 1. The fraction of sp³-hybridized carbons (Fsp3) is 0.350. The van der Waals surface area contributed by atoms with E-state index < -0.39 is 5.76 Å². The van der Waals surface area contributed by atoms with E-state index in [9.17, 15) is 13.6 Å². The molecule has 1 heterocycles. The van der Waals surface area contributed by atoms with Crippen molar-refractivity contribution >= 4 is 23.4 Å². The first-order chi connectivity index (χ1) is 13.0. The molecule has 1 amide bonds. The van der Waals surface area contributed by atoms with Crippen LogP contribution in [0.2, 0.25) is 0 Å². The predicted molar refractivity (Wildman–Crippen MR) is 102 cm³/mol. The predicted octanol–water partition coefficient (Wildman–Crippen LogP) is 5.12. The van der Waals surface area contributed by atoms with Crippen LogP contribution in [-0.4, -0.2) is 31.0 Å². The molecule has 2 aromatic carbocycles. The summed E-state index contributed by atoms with van der Waals surface area (Å²) in [4.78, 5) is 12.9. The fourth-order valence-corrected chi connectivity index (χ4v) is 3.29. The van der Waals surface area contributed by atoms with Crippen LogP contribution in [0.1, 0.15) is 28.8 Å². The van der Waals surface area contributed by atoms with Crippen molar-refractivity contribution in [1.29, 1.82) is 0 Å². The number of rotatable bonds is 7. The SMILES string of the molecule is Cc1ccc(NC(=O)c2ccc(SC(F)F)cc2)c(OCC2CCCO2)c1. The summed E-state index contributed by atoms with van der Waals surface area (Å²) >= 11 is 0.449. The normalized spacial score (nSPS) is 16.5. The molecule has 2 aromatic rings. The Hall–Kier alpha value is -2.12. The molecule has 7 heteroatoms. The van der Waals surface area contributed by atoms with Gasteiger partial charge < -0.3 is 14.8 Å². The van der Waals surface area contributed by atoms with Crippen molar-refractivity contribution in [2.75, 3.05) is 18.5 Å². The first-order valence-electron chi connectivity index (χ1n) is 8.72. The van der Waals surface area contributed by atoms with Crippen molar-refractivity contribution in [3.05, 3.63) is 53.6 Å². The molecule has 1 aliphatic heterocycles. The van der Waals surface area contributed by atoms with Crippen LogP contribution in [0.4, 0.5) is 14.5 Å². The number of benzene rings is 2. The summed E-state index contributed by atoms with van der Waals surface area (Å²) in [5.41, 5.74) is 1.97. The highest BCUT2D eigenvalue weighted by atomic mass is 32.2. The Morgan fingerprint density at radius 2 is 2.07 bits per heavy atom. The maximum absolute atomic E-state index is 12.5. The molecular weight excluding hydrogens is 372 g/mol. The van der Waals surface area contributed by atoms with Gasteiger partial charge in [-0.15, -0.1) is 0 Å². The molecule has 0 spiro atoms. The van der Waals surface area contributed by atoms with Crippen LogP contribution >= 0.6 is 11.8 Å². The van der Waals surface area contributed by atoms with E-state index in [1.807, 2.05) is 19.1 Å². The van der Waals surface area contributed by atoms with Crippen LogP contribution in [-0.2, 0) is 4.74 Å². The lowest BCUT2D eigenvalue weighted by atomic mass is 10.1. The lowest BCUT2D eigenvalue weighted by Gasteiger charge is -2.16. The molecule has 1 unspecified atom stereocenters. The Morgan fingerprint density at radius 3 is 2.74 bits per heavy atom. The molecule has 1 fully saturated rings. The second-order valence-corrected chi connectivity index (χ2v) is 7.37. The van der Waals surface area contributed by atoms with Crippen molar-refractivity contribution < 1.29 is 23.0 Å². The lowest BCUT2D eigenvalue weighted by Crippen LogP contribution is -2.18. The molecule has 27 heavy (non-hydrogen) atoms. The molecule has 1 N–H and O–H groups in total. The Kier molecular flexibility index (Phi) is 6.68. The van der Waals surface area contributed by atoms with Gasteiger partial charge in [0.15, 0.2) is 0 Å². The first-order valence-corrected chi connectivity index (χ1v) is 9.60. The summed E-state index contributed by atoms with van der Waals surface area (Å²) in [6, 6.07) is 11.6. The molecule has 3 rings (SSSR count). The highest BCUT2D eigenvalue weighted by Crippen LogP contribution is 2.28. The van der Waals surface area contributed by atoms with Gasteiger partial charge in [-0.2, -0.15) is 8.78 Å². The molecule has 0 aromatic heterocycles. The zero-order valence-corrected chi connectivity index (χ0v) is 15.7. The van der Waals surface area contributed by atoms with Crippen molar-refractivity contribution in [2.24, 2.45) is 0 Å². The largest absolute Gasteiger partial charge is 0.489 e. The standard InChI is InChI=1S/C20H21F2NO3S/c1-13-4-9-17(18(11-13)26-12-15-3-2-10-25-15)23-19(24)14-5-7-16(8-6-14)27-20(21)22/h4-9,11,15,20H,2-3,10,12H2,1H3,(H,23,24). The van der Waals surface area contributed by atoms with E-state index in [0.29, 0.717) is 40.3 Å². The van der Waals surface area contributed by atoms with Crippen LogP contribution in [0.3, 0.4) is 0 Å². The lowest BCUT2D eigenvalue weighted by molar-refractivity contribution is 0.0681. The van der Waals surface area contributed by atoms with Gasteiger partial charge in [-0.1, -0.05) is 17.8 Å². The van der Waals surface area contributed by atoms with E-state index in [4.69, 9.17) is 9.47 Å². The number of amides is 1. The smallest absolute Gasteiger partial charge is 0.288 e. The Balaban J connectivity index is 1.67. The summed E-state index contributed by atoms with van der Waals surface area (Å²) in [5.74, 6) is -2.22. The summed E-state index contributed by atoms with van der Waals surface area (Å²) in [5, 5.41) is 2.83. The number of alkyl halides is 2. The highest BCUT2D eigenvalue weighted by Gasteiger charge is 2.18. The van der Waals surface area contributed by atoms with Gasteiger partial charge in [-0.05, 0) is 61.7 Å². The Labute approximate surface area is 161 Å². The first kappa shape index (κ1) is 19.6. The van der Waals surface area contributed by atoms with Crippen LogP contribution in [0.15, 0.2) is 47.4 Å². The van der Waals surface area contributed by atoms with Gasteiger partial charge in [0.1, 0.15) is 12.4 Å². The third kappa shape index (κ3) is 5.68. The van der Waals surface area contributed by atoms with Crippen LogP contribution in [0.25, 0.3) is 0 Å². The summed E-state index contributed by atoms with van der Waals surface area (Å²) in [6.07, 6.45) is 2.08. The zero-order valence-electron chi connectivity index (χ0n) is 14.9. The number of halogens is 2. The van der Waals surface area contributed by atoms with Gasteiger partial charge in [-0.25, -0.2) is 0 Å². The second-order valence-electron chi connectivity index (χ2n) is 6.30. The second kappa shape index (κ2) is 9.19. The molecule has 0 saturated carbocycles. The van der Waals surface area contributed by atoms with E-state index in [2.05, 4.69) is 5.32 Å². The van der Waals surface area contributed by atoms with Gasteiger partial charge in [0.2, 0.25) is 0 Å². The van der Waals surface area contributed by atoms with Gasteiger partial charge in [0.05, 0.1) is 11.8 Å². The van der Waals surface area contributed by atoms with Gasteiger partial charge in [0.25, 0.3) is 11.7 Å². The van der Waals surface area contributed by atoms with Crippen LogP contribution < -0.4 is 10.1 Å². The average molecular weight is 393 g/mol. The average Bonchev–Trinajstić information content (AvgIpc) is 3.15. The third-order valence-corrected chi connectivity index (χ3v) is 4.90. The van der Waals surface area contributed by atoms with Crippen LogP contribution in [0, 0.1) is 6.92 Å². The van der Waals surface area contributed by atoms with Crippen molar-refractivity contribution in [2.45, 2.75) is 36.5 Å². The number of hydrogen-bond acceptors (Lipinski definition) is 4. The van der Waals surface area contributed by atoms with E-state index in [1.165, 1.54) is 24.3 Å². The maximum Gasteiger partial charge on any atom is 0.288 e. The monoisotopic (exact) mass is 393 g/mol. The molecule has 0 aliphatic carbocycles. The number of thioether (sulfide) groups is 1. The van der Waals surface area contributed by atoms with Crippen molar-refractivity contribution in [3.63, 3.8) is 0 Å². The van der Waals surface area contributed by atoms with Crippen molar-refractivity contribution in [3.8, 4) is 5.75 Å². The minimum absolute atomic E-state index is 0.0777. The van der Waals surface area contributed by atoms with E-state index in [-0.39, 0.29) is 12.0 Å². The van der Waals surface area contributed by atoms with Gasteiger partial charge >= 0.3 is 0 Å². The molecule has 4 nitrogen and oxygen atoms in total. The van der Waals surface area contributed by atoms with E-state index in [1.54, 1.807) is 6.07 Å². The van der Waals surface area contributed by atoms with Crippen LogP contribution in [0.5, 0.6) is 5.75 Å². The van der Waals surface area contributed by atoms with E-state index >= 15 is 0 Å². The highest BCUT2D eigenvalue weighted by molar-refractivity contribution is 7.99. The molecule has 1 saturated heterocycles. The molecule has 1 aliphatic rings. The molecular formula is C20H21F2NO3S. The Morgan fingerprint density at radius 1 is 1.30 bits per heavy atom.